The molecule has 0 spiro atoms. The molecule has 0 unspecified atom stereocenters. The molecule has 2 heterocycles. The Kier molecular flexibility index (Phi) is 4.63. The van der Waals surface area contributed by atoms with Gasteiger partial charge in [0.15, 0.2) is 15.7 Å². The van der Waals surface area contributed by atoms with Crippen LogP contribution >= 0.6 is 0 Å². The van der Waals surface area contributed by atoms with Gasteiger partial charge in [-0.05, 0) is 53.1 Å². The van der Waals surface area contributed by atoms with Gasteiger partial charge in [0, 0.05) is 23.4 Å². The van der Waals surface area contributed by atoms with Crippen LogP contribution in [-0.2, 0) is 9.84 Å². The molecular formula is C20H17N5O4S. The summed E-state index contributed by atoms with van der Waals surface area (Å²) < 4.78 is 23.5. The van der Waals surface area contributed by atoms with Gasteiger partial charge in [-0.1, -0.05) is 12.1 Å². The predicted octanol–water partition coefficient (Wildman–Crippen LogP) is 3.37. The molecule has 0 radical (unpaired) electrons. The predicted molar refractivity (Wildman–Crippen MR) is 114 cm³/mol. The van der Waals surface area contributed by atoms with Crippen LogP contribution in [0.4, 0.5) is 16.4 Å². The molecule has 10 heteroatoms. The second kappa shape index (κ2) is 7.16. The van der Waals surface area contributed by atoms with E-state index in [1.807, 2.05) is 12.1 Å². The number of sulfone groups is 1. The molecule has 2 aromatic carbocycles. The van der Waals surface area contributed by atoms with E-state index in [1.54, 1.807) is 36.4 Å². The van der Waals surface area contributed by atoms with Gasteiger partial charge in [0.05, 0.1) is 10.4 Å². The van der Waals surface area contributed by atoms with Gasteiger partial charge in [-0.15, -0.1) is 0 Å². The number of nitrogens with two attached hydrogens (primary N) is 1. The van der Waals surface area contributed by atoms with E-state index in [0.717, 1.165) is 28.5 Å². The fourth-order valence-electron chi connectivity index (χ4n) is 3.20. The highest BCUT2D eigenvalue weighted by molar-refractivity contribution is 7.90. The first-order valence-corrected chi connectivity index (χ1v) is 10.7. The van der Waals surface area contributed by atoms with Gasteiger partial charge in [-0.2, -0.15) is 5.10 Å². The number of rotatable bonds is 4. The molecule has 0 fully saturated rings. The zero-order valence-electron chi connectivity index (χ0n) is 15.7. The number of aromatic nitrogens is 3. The summed E-state index contributed by atoms with van der Waals surface area (Å²) in [6.45, 7) is 0. The molecule has 0 bridgehead atoms. The van der Waals surface area contributed by atoms with E-state index in [1.165, 1.54) is 6.20 Å². The van der Waals surface area contributed by atoms with Gasteiger partial charge >= 0.3 is 6.09 Å². The number of amides is 1. The number of fused-ring (bicyclic) bond motifs is 1. The van der Waals surface area contributed by atoms with Gasteiger partial charge in [-0.3, -0.25) is 10.4 Å². The zero-order valence-corrected chi connectivity index (χ0v) is 16.6. The number of benzene rings is 2. The molecule has 2 aromatic heterocycles. The minimum absolute atomic E-state index is 0.194. The quantitative estimate of drug-likeness (QED) is 0.393. The van der Waals surface area contributed by atoms with Crippen molar-refractivity contribution in [2.45, 2.75) is 4.90 Å². The number of anilines is 2. The number of carboxylic acid groups (broad SMARTS) is 1. The maximum absolute atomic E-state index is 11.8. The van der Waals surface area contributed by atoms with Crippen LogP contribution < -0.4 is 11.1 Å². The SMILES string of the molecule is CS(=O)(=O)c1ccc(-c2cc(-c3ccnc(NC(=O)O)c3)cc3c(N)n[nH]c23)cc1. The average Bonchev–Trinajstić information content (AvgIpc) is 3.07. The summed E-state index contributed by atoms with van der Waals surface area (Å²) in [5.74, 6) is 0.512. The van der Waals surface area contributed by atoms with Crippen molar-refractivity contribution in [2.75, 3.05) is 17.3 Å². The highest BCUT2D eigenvalue weighted by Crippen LogP contribution is 2.35. The Morgan fingerprint density at radius 2 is 1.80 bits per heavy atom. The van der Waals surface area contributed by atoms with E-state index in [0.29, 0.717) is 16.7 Å². The van der Waals surface area contributed by atoms with Crippen LogP contribution in [0.3, 0.4) is 0 Å². The van der Waals surface area contributed by atoms with Crippen molar-refractivity contribution < 1.29 is 18.3 Å². The Bertz CT molecular complexity index is 1380. The first kappa shape index (κ1) is 19.4. The van der Waals surface area contributed by atoms with Crippen LogP contribution in [0.15, 0.2) is 59.6 Å². The van der Waals surface area contributed by atoms with Crippen molar-refractivity contribution in [3.8, 4) is 22.3 Å². The van der Waals surface area contributed by atoms with Crippen molar-refractivity contribution in [1.82, 2.24) is 15.2 Å². The zero-order chi connectivity index (χ0) is 21.5. The van der Waals surface area contributed by atoms with E-state index in [2.05, 4.69) is 20.5 Å². The third kappa shape index (κ3) is 3.67. The van der Waals surface area contributed by atoms with Crippen LogP contribution in [-0.4, -0.2) is 41.1 Å². The minimum atomic E-state index is -3.31. The summed E-state index contributed by atoms with van der Waals surface area (Å²) in [6.07, 6.45) is 1.45. The Morgan fingerprint density at radius 1 is 1.07 bits per heavy atom. The first-order chi connectivity index (χ1) is 14.2. The molecule has 4 rings (SSSR count). The molecule has 0 aliphatic carbocycles. The topological polar surface area (TPSA) is 151 Å². The Morgan fingerprint density at radius 3 is 2.47 bits per heavy atom. The number of hydrogen-bond donors (Lipinski definition) is 4. The van der Waals surface area contributed by atoms with Crippen LogP contribution in [0.5, 0.6) is 0 Å². The summed E-state index contributed by atoms with van der Waals surface area (Å²) >= 11 is 0. The van der Waals surface area contributed by atoms with Gasteiger partial charge in [0.1, 0.15) is 5.82 Å². The number of hydrogen-bond acceptors (Lipinski definition) is 6. The number of nitrogens with one attached hydrogen (secondary N) is 2. The highest BCUT2D eigenvalue weighted by Gasteiger charge is 2.14. The summed E-state index contributed by atoms with van der Waals surface area (Å²) in [5, 5.41) is 18.9. The fourth-order valence-corrected chi connectivity index (χ4v) is 3.84. The van der Waals surface area contributed by atoms with Crippen molar-refractivity contribution in [3.05, 3.63) is 54.7 Å². The fraction of sp³-hybridized carbons (Fsp3) is 0.0500. The number of aromatic amines is 1. The third-order valence-corrected chi connectivity index (χ3v) is 5.75. The number of carbonyl (C=O) groups is 1. The van der Waals surface area contributed by atoms with E-state index < -0.39 is 15.9 Å². The van der Waals surface area contributed by atoms with Crippen molar-refractivity contribution >= 4 is 38.5 Å². The molecule has 0 saturated heterocycles. The molecule has 1 amide bonds. The van der Waals surface area contributed by atoms with Gasteiger partial charge in [0.25, 0.3) is 0 Å². The molecule has 9 nitrogen and oxygen atoms in total. The Hall–Kier alpha value is -3.92. The molecule has 5 N–H and O–H groups in total. The van der Waals surface area contributed by atoms with Crippen molar-refractivity contribution in [1.29, 1.82) is 0 Å². The second-order valence-electron chi connectivity index (χ2n) is 6.71. The third-order valence-electron chi connectivity index (χ3n) is 4.62. The Labute approximate surface area is 171 Å². The summed E-state index contributed by atoms with van der Waals surface area (Å²) in [7, 11) is -3.31. The summed E-state index contributed by atoms with van der Waals surface area (Å²) in [4.78, 5) is 15.1. The van der Waals surface area contributed by atoms with Gasteiger partial charge in [0.2, 0.25) is 0 Å². The molecule has 30 heavy (non-hydrogen) atoms. The lowest BCUT2D eigenvalue weighted by Gasteiger charge is -2.10. The lowest BCUT2D eigenvalue weighted by molar-refractivity contribution is 0.209. The average molecular weight is 423 g/mol. The molecule has 4 aromatic rings. The molecule has 0 aliphatic rings. The minimum Gasteiger partial charge on any atom is -0.465 e. The molecule has 0 saturated carbocycles. The van der Waals surface area contributed by atoms with E-state index in [-0.39, 0.29) is 10.7 Å². The number of H-pyrrole nitrogens is 1. The second-order valence-corrected chi connectivity index (χ2v) is 8.73. The normalized spacial score (nSPS) is 11.5. The lowest BCUT2D eigenvalue weighted by Crippen LogP contribution is -2.08. The Balaban J connectivity index is 1.88. The van der Waals surface area contributed by atoms with Crippen molar-refractivity contribution in [3.63, 3.8) is 0 Å². The smallest absolute Gasteiger partial charge is 0.410 e. The maximum atomic E-state index is 11.8. The molecule has 0 aliphatic heterocycles. The van der Waals surface area contributed by atoms with E-state index in [4.69, 9.17) is 10.8 Å². The molecule has 0 atom stereocenters. The van der Waals surface area contributed by atoms with Crippen LogP contribution in [0.2, 0.25) is 0 Å². The van der Waals surface area contributed by atoms with E-state index >= 15 is 0 Å². The van der Waals surface area contributed by atoms with Crippen LogP contribution in [0, 0.1) is 0 Å². The monoisotopic (exact) mass is 423 g/mol. The standard InChI is InChI=1S/C20H17N5O4S/c1-30(28,29)14-4-2-11(3-5-14)15-8-13(9-16-18(15)24-25-19(16)21)12-6-7-22-17(10-12)23-20(26)27/h2-10H,1H3,(H,22,23)(H,26,27)(H3,21,24,25). The summed E-state index contributed by atoms with van der Waals surface area (Å²) in [5.41, 5.74) is 9.78. The lowest BCUT2D eigenvalue weighted by atomic mass is 9.96. The highest BCUT2D eigenvalue weighted by atomic mass is 32.2. The largest absolute Gasteiger partial charge is 0.465 e. The molecular weight excluding hydrogens is 406 g/mol. The maximum Gasteiger partial charge on any atom is 0.410 e. The van der Waals surface area contributed by atoms with Crippen LogP contribution in [0.1, 0.15) is 0 Å². The molecule has 152 valence electrons. The van der Waals surface area contributed by atoms with Gasteiger partial charge < -0.3 is 10.8 Å². The number of pyridine rings is 1. The van der Waals surface area contributed by atoms with Gasteiger partial charge in [-0.25, -0.2) is 18.2 Å². The van der Waals surface area contributed by atoms with E-state index in [9.17, 15) is 13.2 Å². The first-order valence-electron chi connectivity index (χ1n) is 8.77. The van der Waals surface area contributed by atoms with Crippen molar-refractivity contribution in [2.24, 2.45) is 0 Å². The number of nitrogen functional groups attached to an aromatic ring is 1. The summed E-state index contributed by atoms with van der Waals surface area (Å²) in [6, 6.07) is 13.6. The van der Waals surface area contributed by atoms with Crippen LogP contribution in [0.25, 0.3) is 33.2 Å². The number of nitrogens with zero attached hydrogens (tertiary/aromatic N) is 2.